The predicted octanol–water partition coefficient (Wildman–Crippen LogP) is 4.38. The molecular formula is C20H31NO2. The minimum absolute atomic E-state index is 0.207. The second-order valence-corrected chi connectivity index (χ2v) is 8.02. The van der Waals surface area contributed by atoms with Crippen molar-refractivity contribution in [3.05, 3.63) is 47.9 Å². The van der Waals surface area contributed by atoms with Crippen LogP contribution in [0.3, 0.4) is 0 Å². The molecule has 2 rings (SSSR count). The summed E-state index contributed by atoms with van der Waals surface area (Å²) >= 11 is 0. The van der Waals surface area contributed by atoms with E-state index in [9.17, 15) is 5.11 Å². The third-order valence-electron chi connectivity index (χ3n) is 4.33. The van der Waals surface area contributed by atoms with Gasteiger partial charge in [0, 0.05) is 13.1 Å². The van der Waals surface area contributed by atoms with Crippen molar-refractivity contribution < 1.29 is 9.84 Å². The van der Waals surface area contributed by atoms with E-state index in [0.29, 0.717) is 5.92 Å². The van der Waals surface area contributed by atoms with Crippen molar-refractivity contribution in [1.29, 1.82) is 0 Å². The molecule has 128 valence electrons. The van der Waals surface area contributed by atoms with Crippen LogP contribution in [0.1, 0.15) is 64.5 Å². The number of ether oxygens (including phenoxy) is 1. The molecule has 0 saturated carbocycles. The zero-order valence-electron chi connectivity index (χ0n) is 15.2. The van der Waals surface area contributed by atoms with Crippen LogP contribution in [-0.2, 0) is 10.3 Å². The van der Waals surface area contributed by atoms with E-state index in [0.717, 1.165) is 37.4 Å². The van der Waals surface area contributed by atoms with Crippen molar-refractivity contribution >= 4 is 0 Å². The van der Waals surface area contributed by atoms with E-state index in [1.807, 2.05) is 46.8 Å². The van der Waals surface area contributed by atoms with Gasteiger partial charge >= 0.3 is 0 Å². The molecule has 3 nitrogen and oxygen atoms in total. The summed E-state index contributed by atoms with van der Waals surface area (Å²) in [5.41, 5.74) is 1.32. The average molecular weight is 317 g/mol. The Labute approximate surface area is 141 Å². The van der Waals surface area contributed by atoms with Crippen molar-refractivity contribution in [2.75, 3.05) is 13.1 Å². The van der Waals surface area contributed by atoms with Crippen molar-refractivity contribution in [2.45, 2.75) is 64.6 Å². The van der Waals surface area contributed by atoms with Crippen LogP contribution >= 0.6 is 0 Å². The van der Waals surface area contributed by atoms with Crippen molar-refractivity contribution in [3.8, 4) is 0 Å². The highest BCUT2D eigenvalue weighted by atomic mass is 16.5. The van der Waals surface area contributed by atoms with Gasteiger partial charge in [-0.3, -0.25) is 0 Å². The van der Waals surface area contributed by atoms with Crippen LogP contribution in [0, 0.1) is 0 Å². The summed E-state index contributed by atoms with van der Waals surface area (Å²) in [7, 11) is 0. The van der Waals surface area contributed by atoms with Gasteiger partial charge in [-0.05, 0) is 71.1 Å². The van der Waals surface area contributed by atoms with Gasteiger partial charge < -0.3 is 14.7 Å². The molecule has 0 aromatic heterocycles. The zero-order chi connectivity index (χ0) is 17.3. The van der Waals surface area contributed by atoms with E-state index < -0.39 is 5.60 Å². The highest BCUT2D eigenvalue weighted by molar-refractivity contribution is 5.34. The topological polar surface area (TPSA) is 32.7 Å². The van der Waals surface area contributed by atoms with Crippen LogP contribution in [0.25, 0.3) is 0 Å². The molecule has 0 bridgehead atoms. The number of nitrogens with zero attached hydrogens (tertiary/aromatic N) is 1. The number of hydrogen-bond donors (Lipinski definition) is 1. The second-order valence-electron chi connectivity index (χ2n) is 8.02. The molecular weight excluding hydrogens is 286 g/mol. The zero-order valence-corrected chi connectivity index (χ0v) is 15.2. The highest BCUT2D eigenvalue weighted by Gasteiger charge is 2.28. The molecule has 0 amide bonds. The lowest BCUT2D eigenvalue weighted by molar-refractivity contribution is -0.00314. The fraction of sp³-hybridized carbons (Fsp3) is 0.600. The van der Waals surface area contributed by atoms with Gasteiger partial charge in [-0.1, -0.05) is 24.3 Å². The van der Waals surface area contributed by atoms with Crippen LogP contribution < -0.4 is 0 Å². The standard InChI is InChI=1S/C20H31NO2/c1-15(23-19(2,3)4)21-13-11-16(12-14-21)17-9-7-8-10-18(17)20(5,6)22/h7-10,16,22H,1,11-14H2,2-6H3. The fourth-order valence-electron chi connectivity index (χ4n) is 3.27. The first-order valence-corrected chi connectivity index (χ1v) is 8.52. The van der Waals surface area contributed by atoms with Gasteiger partial charge in [-0.25, -0.2) is 0 Å². The van der Waals surface area contributed by atoms with E-state index in [4.69, 9.17) is 4.74 Å². The maximum absolute atomic E-state index is 10.4. The summed E-state index contributed by atoms with van der Waals surface area (Å²) in [6.45, 7) is 15.8. The molecule has 0 spiro atoms. The molecule has 0 atom stereocenters. The molecule has 1 aromatic rings. The Morgan fingerprint density at radius 2 is 1.70 bits per heavy atom. The van der Waals surface area contributed by atoms with Gasteiger partial charge in [0.1, 0.15) is 5.60 Å². The number of aliphatic hydroxyl groups is 1. The Morgan fingerprint density at radius 1 is 1.13 bits per heavy atom. The summed E-state index contributed by atoms with van der Waals surface area (Å²) in [6, 6.07) is 8.28. The summed E-state index contributed by atoms with van der Waals surface area (Å²) < 4.78 is 5.89. The summed E-state index contributed by atoms with van der Waals surface area (Å²) in [5, 5.41) is 10.4. The highest BCUT2D eigenvalue weighted by Crippen LogP contribution is 2.35. The van der Waals surface area contributed by atoms with Gasteiger partial charge in [0.2, 0.25) is 0 Å². The van der Waals surface area contributed by atoms with Crippen LogP contribution in [-0.4, -0.2) is 28.7 Å². The average Bonchev–Trinajstić information content (AvgIpc) is 2.45. The third kappa shape index (κ3) is 4.74. The monoisotopic (exact) mass is 317 g/mol. The Hall–Kier alpha value is -1.48. The van der Waals surface area contributed by atoms with Crippen molar-refractivity contribution in [3.63, 3.8) is 0 Å². The molecule has 0 unspecified atom stereocenters. The molecule has 3 heteroatoms. The Kier molecular flexibility index (Phi) is 5.10. The molecule has 1 aliphatic heterocycles. The number of hydrogen-bond acceptors (Lipinski definition) is 3. The second kappa shape index (κ2) is 6.56. The van der Waals surface area contributed by atoms with Crippen molar-refractivity contribution in [2.24, 2.45) is 0 Å². The molecule has 1 aromatic carbocycles. The van der Waals surface area contributed by atoms with Crippen molar-refractivity contribution in [1.82, 2.24) is 4.90 Å². The van der Waals surface area contributed by atoms with Crippen LogP contribution in [0.15, 0.2) is 36.7 Å². The molecule has 1 aliphatic rings. The smallest absolute Gasteiger partial charge is 0.182 e. The van der Waals surface area contributed by atoms with Crippen LogP contribution in [0.2, 0.25) is 0 Å². The quantitative estimate of drug-likeness (QED) is 0.837. The van der Waals surface area contributed by atoms with E-state index >= 15 is 0 Å². The number of rotatable bonds is 4. The predicted molar refractivity (Wildman–Crippen MR) is 95.2 cm³/mol. The minimum Gasteiger partial charge on any atom is -0.474 e. The summed E-state index contributed by atoms with van der Waals surface area (Å²) in [5.74, 6) is 1.25. The van der Waals surface area contributed by atoms with Gasteiger partial charge in [-0.2, -0.15) is 0 Å². The van der Waals surface area contributed by atoms with Gasteiger partial charge in [-0.15, -0.1) is 0 Å². The molecule has 1 saturated heterocycles. The largest absolute Gasteiger partial charge is 0.474 e. The van der Waals surface area contributed by atoms with Gasteiger partial charge in [0.25, 0.3) is 0 Å². The first kappa shape index (κ1) is 17.9. The number of benzene rings is 1. The lowest BCUT2D eigenvalue weighted by Crippen LogP contribution is -2.36. The summed E-state index contributed by atoms with van der Waals surface area (Å²) in [4.78, 5) is 2.23. The first-order chi connectivity index (χ1) is 10.6. The maximum Gasteiger partial charge on any atom is 0.182 e. The van der Waals surface area contributed by atoms with E-state index in [-0.39, 0.29) is 5.60 Å². The normalized spacial score (nSPS) is 17.2. The third-order valence-corrected chi connectivity index (χ3v) is 4.33. The lowest BCUT2D eigenvalue weighted by atomic mass is 9.82. The maximum atomic E-state index is 10.4. The Balaban J connectivity index is 2.04. The Morgan fingerprint density at radius 3 is 2.22 bits per heavy atom. The van der Waals surface area contributed by atoms with Gasteiger partial charge in [0.05, 0.1) is 5.60 Å². The SMILES string of the molecule is C=C(OC(C)(C)C)N1CCC(c2ccccc2C(C)(C)O)CC1. The molecule has 1 heterocycles. The lowest BCUT2D eigenvalue weighted by Gasteiger charge is -2.38. The summed E-state index contributed by atoms with van der Waals surface area (Å²) in [6.07, 6.45) is 2.11. The molecule has 23 heavy (non-hydrogen) atoms. The number of likely N-dealkylation sites (tertiary alicyclic amines) is 1. The minimum atomic E-state index is -0.799. The van der Waals surface area contributed by atoms with E-state index in [2.05, 4.69) is 23.6 Å². The molecule has 1 fully saturated rings. The molecule has 0 radical (unpaired) electrons. The number of piperidine rings is 1. The molecule has 1 N–H and O–H groups in total. The van der Waals surface area contributed by atoms with E-state index in [1.165, 1.54) is 5.56 Å². The van der Waals surface area contributed by atoms with Gasteiger partial charge in [0.15, 0.2) is 5.88 Å². The Bertz CT molecular complexity index is 543. The molecule has 0 aliphatic carbocycles. The van der Waals surface area contributed by atoms with Crippen LogP contribution in [0.4, 0.5) is 0 Å². The first-order valence-electron chi connectivity index (χ1n) is 8.52. The van der Waals surface area contributed by atoms with E-state index in [1.54, 1.807) is 0 Å². The fourth-order valence-corrected chi connectivity index (χ4v) is 3.27. The van der Waals surface area contributed by atoms with Crippen LogP contribution in [0.5, 0.6) is 0 Å².